The molecule has 1 rings (SSSR count). The summed E-state index contributed by atoms with van der Waals surface area (Å²) in [6.45, 7) is 13.8. The Hall–Kier alpha value is -1.60. The van der Waals surface area contributed by atoms with E-state index in [-0.39, 0.29) is 0 Å². The monoisotopic (exact) mass is 314 g/mol. The van der Waals surface area contributed by atoms with Gasteiger partial charge < -0.3 is 9.53 Å². The zero-order valence-electron chi connectivity index (χ0n) is 13.9. The van der Waals surface area contributed by atoms with Crippen LogP contribution in [0.15, 0.2) is 49.6 Å². The fourth-order valence-corrected chi connectivity index (χ4v) is 5.65. The van der Waals surface area contributed by atoms with Crippen molar-refractivity contribution in [1.29, 1.82) is 0 Å². The largest absolute Gasteiger partial charge is 0.412 e. The first-order valence-electron chi connectivity index (χ1n) is 7.58. The van der Waals surface area contributed by atoms with Gasteiger partial charge in [0, 0.05) is 12.2 Å². The Bertz CT molecular complexity index is 546. The van der Waals surface area contributed by atoms with E-state index in [4.69, 9.17) is 4.43 Å². The quantitative estimate of drug-likeness (QED) is 0.475. The molecule has 22 heavy (non-hydrogen) atoms. The van der Waals surface area contributed by atoms with Gasteiger partial charge in [-0.25, -0.2) is 0 Å². The van der Waals surface area contributed by atoms with Gasteiger partial charge in [0.1, 0.15) is 5.60 Å². The molecule has 0 saturated heterocycles. The molecule has 1 aromatic carbocycles. The number of hydrogen-bond donors (Lipinski definition) is 1. The van der Waals surface area contributed by atoms with E-state index in [9.17, 15) is 5.11 Å². The highest BCUT2D eigenvalue weighted by Gasteiger charge is 2.34. The van der Waals surface area contributed by atoms with Gasteiger partial charge in [-0.1, -0.05) is 36.1 Å². The summed E-state index contributed by atoms with van der Waals surface area (Å²) in [5, 5.41) is 10.9. The number of allylic oxidation sites excluding steroid dienone is 2. The fraction of sp³-hybridized carbons (Fsp3) is 0.368. The average Bonchev–Trinajstić information content (AvgIpc) is 2.45. The lowest BCUT2D eigenvalue weighted by atomic mass is 10.1. The molecule has 0 spiro atoms. The first kappa shape index (κ1) is 18.4. The maximum Gasteiger partial charge on any atom is 0.231 e. The molecule has 2 nitrogen and oxygen atoms in total. The second-order valence-corrected chi connectivity index (χ2v) is 9.47. The Morgan fingerprint density at radius 1 is 1.18 bits per heavy atom. The Kier molecular flexibility index (Phi) is 6.83. The molecule has 0 aliphatic heterocycles. The molecule has 0 heterocycles. The van der Waals surface area contributed by atoms with Crippen molar-refractivity contribution in [2.24, 2.45) is 0 Å². The molecule has 0 amide bonds. The topological polar surface area (TPSA) is 29.5 Å². The number of benzene rings is 1. The van der Waals surface area contributed by atoms with Crippen LogP contribution in [0.3, 0.4) is 0 Å². The van der Waals surface area contributed by atoms with Crippen molar-refractivity contribution < 1.29 is 9.53 Å². The number of aliphatic hydroxyl groups is 1. The summed E-state index contributed by atoms with van der Waals surface area (Å²) in [5.41, 5.74) is -0.0868. The first-order chi connectivity index (χ1) is 10.4. The molecule has 0 fully saturated rings. The van der Waals surface area contributed by atoms with Crippen molar-refractivity contribution in [3.8, 4) is 11.8 Å². The fourth-order valence-electron chi connectivity index (χ4n) is 2.35. The molecule has 3 heteroatoms. The minimum atomic E-state index is -2.09. The van der Waals surface area contributed by atoms with Crippen molar-refractivity contribution in [2.45, 2.75) is 38.5 Å². The van der Waals surface area contributed by atoms with E-state index in [1.54, 1.807) is 13.8 Å². The lowest BCUT2D eigenvalue weighted by Crippen LogP contribution is -2.50. The zero-order valence-corrected chi connectivity index (χ0v) is 14.9. The molecule has 0 unspecified atom stereocenters. The van der Waals surface area contributed by atoms with Crippen LogP contribution in [0.1, 0.15) is 26.3 Å². The molecule has 118 valence electrons. The summed E-state index contributed by atoms with van der Waals surface area (Å²) in [6.07, 6.45) is 3.88. The molecule has 0 aliphatic rings. The van der Waals surface area contributed by atoms with Crippen LogP contribution >= 0.6 is 0 Å². The molecule has 0 aromatic heterocycles. The molecular formula is C19H26O2Si. The molecule has 0 radical (unpaired) electrons. The number of hydrogen-bond acceptors (Lipinski definition) is 2. The summed E-state index contributed by atoms with van der Waals surface area (Å²) >= 11 is 0. The predicted molar refractivity (Wildman–Crippen MR) is 96.6 cm³/mol. The molecule has 0 bridgehead atoms. The van der Waals surface area contributed by atoms with Gasteiger partial charge in [0.25, 0.3) is 0 Å². The lowest BCUT2D eigenvalue weighted by Gasteiger charge is -2.29. The van der Waals surface area contributed by atoms with Crippen molar-refractivity contribution in [1.82, 2.24) is 0 Å². The van der Waals surface area contributed by atoms with E-state index < -0.39 is 13.9 Å². The van der Waals surface area contributed by atoms with E-state index in [1.165, 1.54) is 5.19 Å². The molecule has 1 aromatic rings. The summed E-state index contributed by atoms with van der Waals surface area (Å²) in [6, 6.07) is 9.87. The van der Waals surface area contributed by atoms with Gasteiger partial charge in [-0.2, -0.15) is 0 Å². The van der Waals surface area contributed by atoms with Gasteiger partial charge in [0.2, 0.25) is 8.32 Å². The van der Waals surface area contributed by atoms with Crippen LogP contribution in [0.2, 0.25) is 12.1 Å². The van der Waals surface area contributed by atoms with E-state index in [0.29, 0.717) is 6.61 Å². The van der Waals surface area contributed by atoms with Gasteiger partial charge in [0.05, 0.1) is 0 Å². The second-order valence-electron chi connectivity index (χ2n) is 5.80. The SMILES string of the molecule is C=CC[Si](CC=C)(OCC)c1ccc(C#CC(C)(C)O)cc1. The summed E-state index contributed by atoms with van der Waals surface area (Å²) in [4.78, 5) is 0. The third-order valence-corrected chi connectivity index (χ3v) is 7.42. The second kappa shape index (κ2) is 8.14. The molecule has 0 saturated carbocycles. The van der Waals surface area contributed by atoms with Gasteiger partial charge >= 0.3 is 0 Å². The Morgan fingerprint density at radius 3 is 2.14 bits per heavy atom. The molecular weight excluding hydrogens is 288 g/mol. The smallest absolute Gasteiger partial charge is 0.231 e. The first-order valence-corrected chi connectivity index (χ1v) is 9.91. The van der Waals surface area contributed by atoms with Crippen LogP contribution in [0, 0.1) is 11.8 Å². The van der Waals surface area contributed by atoms with E-state index >= 15 is 0 Å². The molecule has 0 aliphatic carbocycles. The summed E-state index contributed by atoms with van der Waals surface area (Å²) in [5.74, 6) is 5.82. The summed E-state index contributed by atoms with van der Waals surface area (Å²) < 4.78 is 6.17. The maximum absolute atomic E-state index is 9.66. The van der Waals surface area contributed by atoms with Crippen LogP contribution in [0.4, 0.5) is 0 Å². The minimum Gasteiger partial charge on any atom is -0.412 e. The van der Waals surface area contributed by atoms with Crippen LogP contribution in [0.25, 0.3) is 0 Å². The highest BCUT2D eigenvalue weighted by Crippen LogP contribution is 2.19. The lowest BCUT2D eigenvalue weighted by molar-refractivity contribution is 0.143. The van der Waals surface area contributed by atoms with Gasteiger partial charge in [-0.05, 0) is 50.2 Å². The Labute approximate surface area is 135 Å². The number of rotatable bonds is 7. The Morgan fingerprint density at radius 2 is 1.73 bits per heavy atom. The van der Waals surface area contributed by atoms with Crippen molar-refractivity contribution in [3.63, 3.8) is 0 Å². The van der Waals surface area contributed by atoms with Gasteiger partial charge in [-0.15, -0.1) is 13.2 Å². The standard InChI is InChI=1S/C19H26O2Si/c1-6-15-22(16-7-2,21-8-3)18-11-9-17(10-12-18)13-14-19(4,5)20/h6-7,9-12,20H,1-2,8,15-16H2,3-5H3. The van der Waals surface area contributed by atoms with E-state index in [1.807, 2.05) is 31.2 Å². The van der Waals surface area contributed by atoms with Gasteiger partial charge in [-0.3, -0.25) is 0 Å². The third kappa shape index (κ3) is 5.30. The van der Waals surface area contributed by atoms with Crippen molar-refractivity contribution >= 4 is 13.5 Å². The van der Waals surface area contributed by atoms with E-state index in [2.05, 4.69) is 37.1 Å². The third-order valence-electron chi connectivity index (χ3n) is 3.29. The minimum absolute atomic E-state index is 0.689. The normalized spacial score (nSPS) is 11.5. The van der Waals surface area contributed by atoms with Crippen molar-refractivity contribution in [2.75, 3.05) is 6.61 Å². The molecule has 1 N–H and O–H groups in total. The maximum atomic E-state index is 9.66. The highest BCUT2D eigenvalue weighted by molar-refractivity contribution is 6.87. The van der Waals surface area contributed by atoms with E-state index in [0.717, 1.165) is 17.7 Å². The van der Waals surface area contributed by atoms with Crippen LogP contribution in [-0.4, -0.2) is 25.6 Å². The highest BCUT2D eigenvalue weighted by atomic mass is 28.4. The average molecular weight is 315 g/mol. The van der Waals surface area contributed by atoms with Crippen LogP contribution in [0.5, 0.6) is 0 Å². The summed E-state index contributed by atoms with van der Waals surface area (Å²) in [7, 11) is -2.09. The Balaban J connectivity index is 3.13. The van der Waals surface area contributed by atoms with Crippen LogP contribution < -0.4 is 5.19 Å². The molecule has 0 atom stereocenters. The van der Waals surface area contributed by atoms with Crippen molar-refractivity contribution in [3.05, 3.63) is 55.1 Å². The predicted octanol–water partition coefficient (Wildman–Crippen LogP) is 3.37. The van der Waals surface area contributed by atoms with Crippen LogP contribution in [-0.2, 0) is 4.43 Å². The van der Waals surface area contributed by atoms with Gasteiger partial charge in [0.15, 0.2) is 0 Å². The zero-order chi connectivity index (χ0) is 16.6.